The summed E-state index contributed by atoms with van der Waals surface area (Å²) in [6, 6.07) is 3.98. The molecule has 0 bridgehead atoms. The molecule has 178 valence electrons. The maximum atomic E-state index is 14.8. The summed E-state index contributed by atoms with van der Waals surface area (Å²) in [5.74, 6) is -1.35. The third-order valence-electron chi connectivity index (χ3n) is 5.02. The highest BCUT2D eigenvalue weighted by atomic mass is 79.9. The fraction of sp³-hybridized carbons (Fsp3) is 0.600. The molecule has 3 rings (SSSR count). The van der Waals surface area contributed by atoms with E-state index in [0.29, 0.717) is 4.47 Å². The topological polar surface area (TPSA) is 59.9 Å². The number of carbonyl (C=O) groups excluding carboxylic acids is 1. The first-order valence-corrected chi connectivity index (χ1v) is 11.3. The van der Waals surface area contributed by atoms with E-state index in [9.17, 15) is 26.7 Å². The summed E-state index contributed by atoms with van der Waals surface area (Å²) in [5, 5.41) is 2.36. The van der Waals surface area contributed by atoms with E-state index in [1.807, 2.05) is 0 Å². The number of halogens is 6. The van der Waals surface area contributed by atoms with Crippen LogP contribution in [0, 0.1) is 11.7 Å². The molecule has 1 aromatic carbocycles. The quantitative estimate of drug-likeness (QED) is 0.482. The van der Waals surface area contributed by atoms with E-state index in [4.69, 9.17) is 9.47 Å². The average Bonchev–Trinajstić information content (AvgIpc) is 3.35. The van der Waals surface area contributed by atoms with Gasteiger partial charge < -0.3 is 9.47 Å². The van der Waals surface area contributed by atoms with Gasteiger partial charge in [-0.2, -0.15) is 13.2 Å². The second-order valence-electron chi connectivity index (χ2n) is 8.76. The monoisotopic (exact) mass is 544 g/mol. The number of amidine groups is 1. The number of alkyl halides is 4. The molecule has 1 aliphatic heterocycles. The van der Waals surface area contributed by atoms with Gasteiger partial charge in [0.25, 0.3) is 0 Å². The van der Waals surface area contributed by atoms with E-state index >= 15 is 0 Å². The lowest BCUT2D eigenvalue weighted by Gasteiger charge is -2.36. The number of alkyl carbamates (subject to hydrolysis) is 1. The first-order valence-electron chi connectivity index (χ1n) is 9.65. The minimum Gasteiger partial charge on any atom is -0.444 e. The summed E-state index contributed by atoms with van der Waals surface area (Å²) in [6.07, 6.45) is -5.16. The zero-order valence-electron chi connectivity index (χ0n) is 17.5. The van der Waals surface area contributed by atoms with Crippen molar-refractivity contribution in [2.45, 2.75) is 49.3 Å². The summed E-state index contributed by atoms with van der Waals surface area (Å²) >= 11 is 4.21. The molecule has 0 saturated heterocycles. The van der Waals surface area contributed by atoms with E-state index in [2.05, 4.69) is 26.2 Å². The molecule has 1 N–H and O–H groups in total. The van der Waals surface area contributed by atoms with Crippen LogP contribution in [0.2, 0.25) is 0 Å². The van der Waals surface area contributed by atoms with Crippen molar-refractivity contribution < 1.29 is 36.2 Å². The molecule has 32 heavy (non-hydrogen) atoms. The standard InChI is InChI=1S/C20H22BrF5N2O3S/c1-17(2,3)31-16(29)27-15-28-19(8-22,12-6-11(21)4-5-13(12)23)14-7-18(14,32-15)9-30-10-20(24,25)26/h4-6,14H,7-10H2,1-3H3,(H,27,28,29)/t14-,18-,19-/m1/s1. The zero-order valence-corrected chi connectivity index (χ0v) is 19.9. The minimum atomic E-state index is -4.53. The molecular weight excluding hydrogens is 523 g/mol. The third-order valence-corrected chi connectivity index (χ3v) is 6.88. The van der Waals surface area contributed by atoms with Gasteiger partial charge in [-0.1, -0.05) is 27.7 Å². The Balaban J connectivity index is 1.96. The van der Waals surface area contributed by atoms with Crippen LogP contribution in [0.3, 0.4) is 0 Å². The van der Waals surface area contributed by atoms with E-state index in [1.54, 1.807) is 20.8 Å². The number of rotatable bonds is 5. The summed E-state index contributed by atoms with van der Waals surface area (Å²) in [4.78, 5) is 16.6. The number of aliphatic imine (C=N–C) groups is 1. The van der Waals surface area contributed by atoms with Gasteiger partial charge in [0.05, 0.1) is 11.4 Å². The molecule has 1 aliphatic carbocycles. The highest BCUT2D eigenvalue weighted by Crippen LogP contribution is 2.66. The Morgan fingerprint density at radius 1 is 1.34 bits per heavy atom. The zero-order chi connectivity index (χ0) is 23.9. The smallest absolute Gasteiger partial charge is 0.413 e. The molecule has 0 unspecified atom stereocenters. The highest BCUT2D eigenvalue weighted by Gasteiger charge is 2.69. The van der Waals surface area contributed by atoms with Crippen LogP contribution in [0.15, 0.2) is 27.7 Å². The Morgan fingerprint density at radius 3 is 2.62 bits per heavy atom. The number of fused-ring (bicyclic) bond motifs is 1. The maximum Gasteiger partial charge on any atom is 0.413 e. The van der Waals surface area contributed by atoms with Crippen LogP contribution in [0.4, 0.5) is 26.7 Å². The number of hydrogen-bond acceptors (Lipinski definition) is 5. The number of thioether (sulfide) groups is 1. The normalized spacial score (nSPS) is 27.4. The van der Waals surface area contributed by atoms with Crippen LogP contribution in [0.25, 0.3) is 0 Å². The van der Waals surface area contributed by atoms with Gasteiger partial charge in [0.2, 0.25) is 0 Å². The SMILES string of the molecule is CC(C)(C)OC(=O)NC1=N[C@](CF)(c2cc(Br)ccc2F)[C@@H]2C[C@]2(COCC(F)(F)F)S1. The van der Waals surface area contributed by atoms with E-state index in [1.165, 1.54) is 12.1 Å². The molecule has 1 saturated carbocycles. The Labute approximate surface area is 194 Å². The fourth-order valence-electron chi connectivity index (χ4n) is 3.72. The first-order chi connectivity index (χ1) is 14.7. The van der Waals surface area contributed by atoms with Crippen LogP contribution < -0.4 is 5.32 Å². The maximum absolute atomic E-state index is 14.8. The van der Waals surface area contributed by atoms with Crippen molar-refractivity contribution in [3.05, 3.63) is 34.1 Å². The van der Waals surface area contributed by atoms with Gasteiger partial charge in [0.1, 0.15) is 30.2 Å². The van der Waals surface area contributed by atoms with Gasteiger partial charge in [-0.15, -0.1) is 0 Å². The molecule has 1 amide bonds. The second-order valence-corrected chi connectivity index (χ2v) is 11.1. The van der Waals surface area contributed by atoms with Crippen LogP contribution >= 0.6 is 27.7 Å². The van der Waals surface area contributed by atoms with Gasteiger partial charge >= 0.3 is 12.3 Å². The summed E-state index contributed by atoms with van der Waals surface area (Å²) < 4.78 is 76.7. The molecule has 1 fully saturated rings. The number of amides is 1. The molecule has 2 aliphatic rings. The second kappa shape index (κ2) is 8.75. The lowest BCUT2D eigenvalue weighted by atomic mass is 9.85. The van der Waals surface area contributed by atoms with E-state index in [-0.39, 0.29) is 23.8 Å². The van der Waals surface area contributed by atoms with E-state index in [0.717, 1.165) is 17.8 Å². The van der Waals surface area contributed by atoms with Crippen LogP contribution in [0.5, 0.6) is 0 Å². The number of nitrogens with zero attached hydrogens (tertiary/aromatic N) is 1. The molecule has 3 atom stereocenters. The molecule has 0 spiro atoms. The number of carbonyl (C=O) groups is 1. The Morgan fingerprint density at radius 2 is 2.03 bits per heavy atom. The Hall–Kier alpha value is -1.40. The van der Waals surface area contributed by atoms with Crippen molar-refractivity contribution in [3.8, 4) is 0 Å². The minimum absolute atomic E-state index is 0.0548. The van der Waals surface area contributed by atoms with Gasteiger partial charge in [-0.05, 0) is 45.4 Å². The first kappa shape index (κ1) is 25.2. The number of ether oxygens (including phenoxy) is 2. The van der Waals surface area contributed by atoms with Crippen molar-refractivity contribution in [3.63, 3.8) is 0 Å². The molecule has 5 nitrogen and oxygen atoms in total. The lowest BCUT2D eigenvalue weighted by Crippen LogP contribution is -2.45. The van der Waals surface area contributed by atoms with E-state index < -0.39 is 53.2 Å². The molecular formula is C20H22BrF5N2O3S. The van der Waals surface area contributed by atoms with Crippen molar-refractivity contribution in [2.75, 3.05) is 19.9 Å². The summed E-state index contributed by atoms with van der Waals surface area (Å²) in [6.45, 7) is 1.99. The van der Waals surface area contributed by atoms with Crippen molar-refractivity contribution >= 4 is 39.0 Å². The van der Waals surface area contributed by atoms with Gasteiger partial charge in [-0.25, -0.2) is 18.6 Å². The molecule has 1 aromatic rings. The largest absolute Gasteiger partial charge is 0.444 e. The lowest BCUT2D eigenvalue weighted by molar-refractivity contribution is -0.174. The highest BCUT2D eigenvalue weighted by molar-refractivity contribution is 9.10. The number of hydrogen-bond donors (Lipinski definition) is 1. The van der Waals surface area contributed by atoms with Gasteiger partial charge in [0.15, 0.2) is 5.17 Å². The Bertz CT molecular complexity index is 923. The van der Waals surface area contributed by atoms with Gasteiger partial charge in [0, 0.05) is 16.0 Å². The van der Waals surface area contributed by atoms with Crippen LogP contribution in [-0.2, 0) is 15.0 Å². The third kappa shape index (κ3) is 5.56. The summed E-state index contributed by atoms with van der Waals surface area (Å²) in [7, 11) is 0. The molecule has 1 heterocycles. The molecule has 12 heteroatoms. The predicted octanol–water partition coefficient (Wildman–Crippen LogP) is 5.72. The summed E-state index contributed by atoms with van der Waals surface area (Å²) in [5.41, 5.74) is -2.61. The predicted molar refractivity (Wildman–Crippen MR) is 114 cm³/mol. The number of nitrogens with one attached hydrogen (secondary N) is 1. The van der Waals surface area contributed by atoms with Crippen molar-refractivity contribution in [1.82, 2.24) is 5.32 Å². The average molecular weight is 545 g/mol. The molecule has 0 radical (unpaired) electrons. The Kier molecular flexibility index (Phi) is 6.90. The fourth-order valence-corrected chi connectivity index (χ4v) is 5.54. The van der Waals surface area contributed by atoms with Crippen molar-refractivity contribution in [1.29, 1.82) is 0 Å². The van der Waals surface area contributed by atoms with Crippen molar-refractivity contribution in [2.24, 2.45) is 10.9 Å². The number of benzene rings is 1. The van der Waals surface area contributed by atoms with Crippen LogP contribution in [0.1, 0.15) is 32.8 Å². The molecule has 0 aromatic heterocycles. The van der Waals surface area contributed by atoms with Gasteiger partial charge in [-0.3, -0.25) is 5.32 Å². The van der Waals surface area contributed by atoms with Crippen LogP contribution in [-0.4, -0.2) is 47.7 Å².